The van der Waals surface area contributed by atoms with Gasteiger partial charge >= 0.3 is 0 Å². The molecule has 0 spiro atoms. The zero-order chi connectivity index (χ0) is 13.7. The van der Waals surface area contributed by atoms with Crippen LogP contribution in [0.4, 0.5) is 5.82 Å². The number of anilines is 1. The number of rotatable bonds is 5. The van der Waals surface area contributed by atoms with Crippen molar-refractivity contribution >= 4 is 5.82 Å². The third-order valence-electron chi connectivity index (χ3n) is 3.94. The van der Waals surface area contributed by atoms with Gasteiger partial charge in [0.05, 0.1) is 6.61 Å². The van der Waals surface area contributed by atoms with Crippen molar-refractivity contribution in [1.82, 2.24) is 4.98 Å². The molecule has 0 bridgehead atoms. The van der Waals surface area contributed by atoms with Gasteiger partial charge in [-0.1, -0.05) is 25.3 Å². The Balaban J connectivity index is 2.27. The zero-order valence-corrected chi connectivity index (χ0v) is 11.8. The van der Waals surface area contributed by atoms with E-state index >= 15 is 0 Å². The van der Waals surface area contributed by atoms with E-state index in [0.29, 0.717) is 12.6 Å². The average Bonchev–Trinajstić information content (AvgIpc) is 2.45. The summed E-state index contributed by atoms with van der Waals surface area (Å²) in [5.74, 6) is 0.957. The summed E-state index contributed by atoms with van der Waals surface area (Å²) in [7, 11) is 0. The lowest BCUT2D eigenvalue weighted by molar-refractivity contribution is 0.289. The predicted molar refractivity (Wildman–Crippen MR) is 78.1 cm³/mol. The summed E-state index contributed by atoms with van der Waals surface area (Å²) in [6.07, 6.45) is 8.06. The first-order chi connectivity index (χ1) is 9.24. The third kappa shape index (κ3) is 3.45. The highest BCUT2D eigenvalue weighted by Crippen LogP contribution is 2.29. The fourth-order valence-corrected chi connectivity index (χ4v) is 2.97. The molecule has 0 radical (unpaired) electrons. The van der Waals surface area contributed by atoms with Crippen LogP contribution in [0.1, 0.15) is 50.6 Å². The Labute approximate surface area is 115 Å². The number of hydrogen-bond acceptors (Lipinski definition) is 4. The van der Waals surface area contributed by atoms with E-state index in [1.54, 1.807) is 0 Å². The van der Waals surface area contributed by atoms with Crippen molar-refractivity contribution in [2.24, 2.45) is 5.73 Å². The van der Waals surface area contributed by atoms with Crippen molar-refractivity contribution in [3.05, 3.63) is 23.9 Å². The van der Waals surface area contributed by atoms with E-state index in [2.05, 4.69) is 9.88 Å². The van der Waals surface area contributed by atoms with Gasteiger partial charge in [0.1, 0.15) is 5.82 Å². The van der Waals surface area contributed by atoms with Crippen LogP contribution in [0.15, 0.2) is 18.3 Å². The Morgan fingerprint density at radius 3 is 2.79 bits per heavy atom. The molecule has 1 heterocycles. The van der Waals surface area contributed by atoms with Gasteiger partial charge in [-0.15, -0.1) is 0 Å². The van der Waals surface area contributed by atoms with E-state index in [4.69, 9.17) is 5.73 Å². The lowest BCUT2D eigenvalue weighted by Gasteiger charge is -2.36. The molecule has 0 aliphatic heterocycles. The van der Waals surface area contributed by atoms with Crippen LogP contribution in [0, 0.1) is 0 Å². The highest BCUT2D eigenvalue weighted by molar-refractivity contribution is 5.49. The van der Waals surface area contributed by atoms with Crippen LogP contribution in [0.25, 0.3) is 0 Å². The van der Waals surface area contributed by atoms with Crippen LogP contribution in [0.3, 0.4) is 0 Å². The first kappa shape index (κ1) is 14.3. The van der Waals surface area contributed by atoms with Crippen molar-refractivity contribution in [3.63, 3.8) is 0 Å². The molecule has 2 rings (SSSR count). The molecule has 4 nitrogen and oxygen atoms in total. The van der Waals surface area contributed by atoms with Crippen molar-refractivity contribution in [1.29, 1.82) is 0 Å². The highest BCUT2D eigenvalue weighted by Gasteiger charge is 2.24. The summed E-state index contributed by atoms with van der Waals surface area (Å²) >= 11 is 0. The molecule has 1 aromatic rings. The van der Waals surface area contributed by atoms with Gasteiger partial charge in [-0.25, -0.2) is 4.98 Å². The lowest BCUT2D eigenvalue weighted by Crippen LogP contribution is -2.40. The molecule has 1 unspecified atom stereocenters. The van der Waals surface area contributed by atoms with Crippen LogP contribution >= 0.6 is 0 Å². The molecule has 1 aliphatic rings. The molecule has 1 aromatic heterocycles. The molecule has 1 aliphatic carbocycles. The quantitative estimate of drug-likeness (QED) is 0.855. The zero-order valence-electron chi connectivity index (χ0n) is 11.8. The number of hydrogen-bond donors (Lipinski definition) is 2. The van der Waals surface area contributed by atoms with Crippen LogP contribution < -0.4 is 10.6 Å². The summed E-state index contributed by atoms with van der Waals surface area (Å²) in [5.41, 5.74) is 7.12. The molecule has 4 heteroatoms. The van der Waals surface area contributed by atoms with Gasteiger partial charge in [0.2, 0.25) is 0 Å². The molecule has 1 saturated carbocycles. The van der Waals surface area contributed by atoms with Gasteiger partial charge in [0, 0.05) is 30.4 Å². The fourth-order valence-electron chi connectivity index (χ4n) is 2.97. The first-order valence-corrected chi connectivity index (χ1v) is 7.32. The van der Waals surface area contributed by atoms with E-state index in [-0.39, 0.29) is 12.6 Å². The minimum Gasteiger partial charge on any atom is -0.395 e. The number of aromatic nitrogens is 1. The van der Waals surface area contributed by atoms with E-state index in [1.165, 1.54) is 32.1 Å². The second-order valence-electron chi connectivity index (χ2n) is 5.41. The lowest BCUT2D eigenvalue weighted by atomic mass is 9.93. The van der Waals surface area contributed by atoms with Crippen LogP contribution in [0.5, 0.6) is 0 Å². The largest absolute Gasteiger partial charge is 0.395 e. The molecule has 0 saturated heterocycles. The predicted octanol–water partition coefficient (Wildman–Crippen LogP) is 2.23. The maximum absolute atomic E-state index is 9.36. The van der Waals surface area contributed by atoms with Crippen LogP contribution in [0.2, 0.25) is 0 Å². The summed E-state index contributed by atoms with van der Waals surface area (Å²) < 4.78 is 0. The number of aliphatic hydroxyl groups is 1. The maximum Gasteiger partial charge on any atom is 0.133 e. The summed E-state index contributed by atoms with van der Waals surface area (Å²) in [4.78, 5) is 6.79. The normalized spacial score (nSPS) is 18.3. The smallest absolute Gasteiger partial charge is 0.133 e. The van der Waals surface area contributed by atoms with Crippen molar-refractivity contribution in [2.75, 3.05) is 18.1 Å². The molecule has 3 N–H and O–H groups in total. The van der Waals surface area contributed by atoms with Crippen LogP contribution in [-0.2, 0) is 0 Å². The van der Waals surface area contributed by atoms with Crippen molar-refractivity contribution in [3.8, 4) is 0 Å². The summed E-state index contributed by atoms with van der Waals surface area (Å²) in [6, 6.07) is 4.43. The minimum absolute atomic E-state index is 0.0338. The number of nitrogens with zero attached hydrogens (tertiary/aromatic N) is 2. The van der Waals surface area contributed by atoms with Gasteiger partial charge in [0.25, 0.3) is 0 Å². The highest BCUT2D eigenvalue weighted by atomic mass is 16.3. The molecule has 19 heavy (non-hydrogen) atoms. The molecule has 0 aromatic carbocycles. The first-order valence-electron chi connectivity index (χ1n) is 7.32. The van der Waals surface area contributed by atoms with E-state index in [1.807, 2.05) is 25.3 Å². The van der Waals surface area contributed by atoms with Crippen molar-refractivity contribution in [2.45, 2.75) is 51.1 Å². The van der Waals surface area contributed by atoms with Crippen LogP contribution in [-0.4, -0.2) is 29.3 Å². The number of pyridine rings is 1. The van der Waals surface area contributed by atoms with Gasteiger partial charge in [-0.2, -0.15) is 0 Å². The molecule has 106 valence electrons. The monoisotopic (exact) mass is 263 g/mol. The topological polar surface area (TPSA) is 62.4 Å². The fraction of sp³-hybridized carbons (Fsp3) is 0.667. The maximum atomic E-state index is 9.36. The Morgan fingerprint density at radius 1 is 1.42 bits per heavy atom. The minimum atomic E-state index is -0.0338. The van der Waals surface area contributed by atoms with Gasteiger partial charge < -0.3 is 15.7 Å². The van der Waals surface area contributed by atoms with E-state index in [9.17, 15) is 5.11 Å². The van der Waals surface area contributed by atoms with Gasteiger partial charge in [0.15, 0.2) is 0 Å². The average molecular weight is 263 g/mol. The Kier molecular flexibility index (Phi) is 5.16. The Bertz CT molecular complexity index is 389. The standard InChI is InChI=1S/C15H25N3O/c1-12(16)14-8-5-9-17-15(14)18(10-11-19)13-6-3-2-4-7-13/h5,8-9,12-13,19H,2-4,6-7,10-11,16H2,1H3. The molecule has 0 amide bonds. The Morgan fingerprint density at radius 2 is 2.16 bits per heavy atom. The molecule has 1 atom stereocenters. The molecular weight excluding hydrogens is 238 g/mol. The number of aliphatic hydroxyl groups excluding tert-OH is 1. The number of nitrogens with two attached hydrogens (primary N) is 1. The van der Waals surface area contributed by atoms with Gasteiger partial charge in [-0.05, 0) is 25.8 Å². The SMILES string of the molecule is CC(N)c1cccnc1N(CCO)C1CCCCC1. The van der Waals surface area contributed by atoms with E-state index in [0.717, 1.165) is 11.4 Å². The third-order valence-corrected chi connectivity index (χ3v) is 3.94. The van der Waals surface area contributed by atoms with E-state index < -0.39 is 0 Å². The van der Waals surface area contributed by atoms with Crippen molar-refractivity contribution < 1.29 is 5.11 Å². The molecular formula is C15H25N3O. The second-order valence-corrected chi connectivity index (χ2v) is 5.41. The Hall–Kier alpha value is -1.13. The van der Waals surface area contributed by atoms with Gasteiger partial charge in [-0.3, -0.25) is 0 Å². The summed E-state index contributed by atoms with van der Waals surface area (Å²) in [6.45, 7) is 2.78. The summed E-state index contributed by atoms with van der Waals surface area (Å²) in [5, 5.41) is 9.36. The second kappa shape index (κ2) is 6.87. The molecule has 1 fully saturated rings.